The summed E-state index contributed by atoms with van der Waals surface area (Å²) in [5, 5.41) is 10.4. The van der Waals surface area contributed by atoms with Crippen LogP contribution in [0.2, 0.25) is 0 Å². The van der Waals surface area contributed by atoms with Gasteiger partial charge in [0.2, 0.25) is 5.91 Å². The number of rotatable bonds is 4. The monoisotopic (exact) mass is 258 g/mol. The number of nitro benzene ring substituents is 1. The number of non-ortho nitro benzene ring substituents is 1. The third kappa shape index (κ3) is 3.25. The second-order valence-corrected chi connectivity index (χ2v) is 4.82. The second-order valence-electron chi connectivity index (χ2n) is 3.13. The van der Waals surface area contributed by atoms with Crippen LogP contribution in [0.1, 0.15) is 13.3 Å². The first-order chi connectivity index (χ1) is 7.86. The van der Waals surface area contributed by atoms with Crippen LogP contribution >= 0.6 is 0 Å². The zero-order valence-corrected chi connectivity index (χ0v) is 9.73. The molecular formula is C9H10N2O5S. The van der Waals surface area contributed by atoms with Crippen molar-refractivity contribution in [1.29, 1.82) is 0 Å². The summed E-state index contributed by atoms with van der Waals surface area (Å²) in [5.74, 6) is -0.636. The smallest absolute Gasteiger partial charge is 0.269 e. The Hall–Kier alpha value is -1.96. The lowest BCUT2D eigenvalue weighted by molar-refractivity contribution is -0.384. The molecule has 1 N–H and O–H groups in total. The van der Waals surface area contributed by atoms with Gasteiger partial charge in [-0.25, -0.2) is 13.1 Å². The number of carbonyl (C=O) groups excluding carboxylic acids is 1. The summed E-state index contributed by atoms with van der Waals surface area (Å²) >= 11 is 0. The molecule has 0 aliphatic carbocycles. The first kappa shape index (κ1) is 13.1. The molecule has 17 heavy (non-hydrogen) atoms. The molecule has 1 aromatic rings. The van der Waals surface area contributed by atoms with Crippen molar-refractivity contribution in [3.63, 3.8) is 0 Å². The van der Waals surface area contributed by atoms with E-state index in [9.17, 15) is 23.3 Å². The molecule has 0 aliphatic heterocycles. The highest BCUT2D eigenvalue weighted by atomic mass is 32.2. The van der Waals surface area contributed by atoms with Crippen LogP contribution in [-0.4, -0.2) is 19.2 Å². The molecule has 0 spiro atoms. The van der Waals surface area contributed by atoms with Gasteiger partial charge in [-0.3, -0.25) is 14.9 Å². The Labute approximate surface area is 97.7 Å². The molecule has 0 unspecified atom stereocenters. The van der Waals surface area contributed by atoms with Crippen molar-refractivity contribution in [2.24, 2.45) is 0 Å². The summed E-state index contributed by atoms with van der Waals surface area (Å²) in [6, 6.07) is 4.27. The van der Waals surface area contributed by atoms with Crippen LogP contribution in [0, 0.1) is 10.1 Å². The van der Waals surface area contributed by atoms with Gasteiger partial charge in [-0.1, -0.05) is 6.92 Å². The van der Waals surface area contributed by atoms with Gasteiger partial charge in [-0.2, -0.15) is 0 Å². The molecule has 0 aliphatic rings. The van der Waals surface area contributed by atoms with Crippen molar-refractivity contribution in [2.75, 3.05) is 0 Å². The number of sulfonamides is 1. The number of carbonyl (C=O) groups is 1. The number of amides is 1. The molecule has 0 bridgehead atoms. The molecule has 8 heteroatoms. The van der Waals surface area contributed by atoms with Crippen molar-refractivity contribution in [3.8, 4) is 0 Å². The molecule has 1 aromatic carbocycles. The highest BCUT2D eigenvalue weighted by Crippen LogP contribution is 2.15. The summed E-state index contributed by atoms with van der Waals surface area (Å²) in [5.41, 5.74) is -0.217. The van der Waals surface area contributed by atoms with E-state index in [0.717, 1.165) is 24.3 Å². The summed E-state index contributed by atoms with van der Waals surface area (Å²) in [6.45, 7) is 1.51. The number of hydrogen-bond donors (Lipinski definition) is 1. The number of nitro groups is 1. The van der Waals surface area contributed by atoms with Gasteiger partial charge in [0.05, 0.1) is 9.82 Å². The maximum atomic E-state index is 11.6. The standard InChI is InChI=1S/C9H10N2O5S/c1-2-9(12)10-17(15,16)8-5-3-7(4-6-8)11(13)14/h3-6H,2H2,1H3,(H,10,12). The van der Waals surface area contributed by atoms with Gasteiger partial charge in [-0.15, -0.1) is 0 Å². The van der Waals surface area contributed by atoms with Gasteiger partial charge >= 0.3 is 0 Å². The van der Waals surface area contributed by atoms with E-state index in [-0.39, 0.29) is 17.0 Å². The highest BCUT2D eigenvalue weighted by Gasteiger charge is 2.17. The minimum absolute atomic E-state index is 0.0339. The summed E-state index contributed by atoms with van der Waals surface area (Å²) in [7, 11) is -3.94. The predicted octanol–water partition coefficient (Wildman–Crippen LogP) is 0.810. The fourth-order valence-corrected chi connectivity index (χ4v) is 2.08. The third-order valence-corrected chi connectivity index (χ3v) is 3.32. The maximum Gasteiger partial charge on any atom is 0.269 e. The van der Waals surface area contributed by atoms with Gasteiger partial charge in [0, 0.05) is 18.6 Å². The molecule has 0 heterocycles. The van der Waals surface area contributed by atoms with Crippen LogP contribution < -0.4 is 4.72 Å². The fourth-order valence-electron chi connectivity index (χ4n) is 1.03. The molecule has 7 nitrogen and oxygen atoms in total. The van der Waals surface area contributed by atoms with E-state index in [1.54, 1.807) is 0 Å². The number of nitrogens with zero attached hydrogens (tertiary/aromatic N) is 1. The molecule has 0 fully saturated rings. The molecule has 0 saturated carbocycles. The van der Waals surface area contributed by atoms with Gasteiger partial charge in [0.1, 0.15) is 0 Å². The van der Waals surface area contributed by atoms with Gasteiger partial charge in [0.25, 0.3) is 15.7 Å². The topological polar surface area (TPSA) is 106 Å². The van der Waals surface area contributed by atoms with E-state index >= 15 is 0 Å². The van der Waals surface area contributed by atoms with E-state index in [1.165, 1.54) is 6.92 Å². The molecule has 0 atom stereocenters. The minimum atomic E-state index is -3.94. The Morgan fingerprint density at radius 1 is 1.35 bits per heavy atom. The van der Waals surface area contributed by atoms with E-state index in [2.05, 4.69) is 0 Å². The first-order valence-electron chi connectivity index (χ1n) is 4.67. The molecule has 92 valence electrons. The molecule has 0 aromatic heterocycles. The normalized spacial score (nSPS) is 10.9. The van der Waals surface area contributed by atoms with Crippen molar-refractivity contribution < 1.29 is 18.1 Å². The zero-order chi connectivity index (χ0) is 13.1. The fraction of sp³-hybridized carbons (Fsp3) is 0.222. The quantitative estimate of drug-likeness (QED) is 0.635. The Balaban J connectivity index is 3.00. The van der Waals surface area contributed by atoms with Crippen molar-refractivity contribution in [2.45, 2.75) is 18.2 Å². The lowest BCUT2D eigenvalue weighted by Gasteiger charge is -2.04. The average molecular weight is 258 g/mol. The van der Waals surface area contributed by atoms with Crippen LogP contribution in [0.4, 0.5) is 5.69 Å². The van der Waals surface area contributed by atoms with E-state index in [1.807, 2.05) is 4.72 Å². The van der Waals surface area contributed by atoms with Crippen LogP contribution in [0.5, 0.6) is 0 Å². The van der Waals surface area contributed by atoms with Crippen molar-refractivity contribution in [1.82, 2.24) is 4.72 Å². The van der Waals surface area contributed by atoms with Crippen LogP contribution in [0.15, 0.2) is 29.2 Å². The Bertz CT molecular complexity index is 535. The Kier molecular flexibility index (Phi) is 3.79. The molecule has 1 amide bonds. The summed E-state index contributed by atoms with van der Waals surface area (Å²) in [6.07, 6.45) is 0.0339. The van der Waals surface area contributed by atoms with E-state index in [0.29, 0.717) is 0 Å². The highest BCUT2D eigenvalue weighted by molar-refractivity contribution is 7.90. The van der Waals surface area contributed by atoms with Crippen molar-refractivity contribution in [3.05, 3.63) is 34.4 Å². The molecule has 0 saturated heterocycles. The number of benzene rings is 1. The van der Waals surface area contributed by atoms with E-state index < -0.39 is 20.9 Å². The summed E-state index contributed by atoms with van der Waals surface area (Å²) < 4.78 is 25.0. The van der Waals surface area contributed by atoms with Gasteiger partial charge in [-0.05, 0) is 12.1 Å². The van der Waals surface area contributed by atoms with Crippen molar-refractivity contribution >= 4 is 21.6 Å². The maximum absolute atomic E-state index is 11.6. The minimum Gasteiger partial charge on any atom is -0.274 e. The number of hydrogen-bond acceptors (Lipinski definition) is 5. The van der Waals surface area contributed by atoms with Gasteiger partial charge in [0.15, 0.2) is 0 Å². The van der Waals surface area contributed by atoms with Gasteiger partial charge < -0.3 is 0 Å². The zero-order valence-electron chi connectivity index (χ0n) is 8.91. The Morgan fingerprint density at radius 2 is 1.88 bits per heavy atom. The SMILES string of the molecule is CCC(=O)NS(=O)(=O)c1ccc([N+](=O)[O-])cc1. The largest absolute Gasteiger partial charge is 0.274 e. The van der Waals surface area contributed by atoms with Crippen LogP contribution in [-0.2, 0) is 14.8 Å². The molecular weight excluding hydrogens is 248 g/mol. The third-order valence-electron chi connectivity index (χ3n) is 1.93. The second kappa shape index (κ2) is 4.91. The lowest BCUT2D eigenvalue weighted by atomic mass is 10.3. The summed E-state index contributed by atoms with van der Waals surface area (Å²) in [4.78, 5) is 20.5. The molecule has 1 rings (SSSR count). The predicted molar refractivity (Wildman–Crippen MR) is 58.7 cm³/mol. The average Bonchev–Trinajstić information content (AvgIpc) is 2.28. The Morgan fingerprint density at radius 3 is 2.29 bits per heavy atom. The van der Waals surface area contributed by atoms with Crippen LogP contribution in [0.25, 0.3) is 0 Å². The van der Waals surface area contributed by atoms with E-state index in [4.69, 9.17) is 0 Å². The van der Waals surface area contributed by atoms with Crippen LogP contribution in [0.3, 0.4) is 0 Å². The molecule has 0 radical (unpaired) electrons. The first-order valence-corrected chi connectivity index (χ1v) is 6.15. The number of nitrogens with one attached hydrogen (secondary N) is 1. The lowest BCUT2D eigenvalue weighted by Crippen LogP contribution is -2.29.